The highest BCUT2D eigenvalue weighted by Gasteiger charge is 2.02. The molecule has 0 saturated heterocycles. The maximum atomic E-state index is 11.7. The lowest BCUT2D eigenvalue weighted by molar-refractivity contribution is 0.0697. The Morgan fingerprint density at radius 2 is 1.78 bits per heavy atom. The largest absolute Gasteiger partial charge is 0.478 e. The Hall–Kier alpha value is -3.08. The molecule has 0 spiro atoms. The minimum absolute atomic E-state index is 0.222. The molecule has 0 fully saturated rings. The van der Waals surface area contributed by atoms with Crippen LogP contribution in [0.1, 0.15) is 27.0 Å². The van der Waals surface area contributed by atoms with E-state index in [-0.39, 0.29) is 11.6 Å². The van der Waals surface area contributed by atoms with Crippen molar-refractivity contribution >= 4 is 18.1 Å². The van der Waals surface area contributed by atoms with Crippen molar-refractivity contribution < 1.29 is 14.7 Å². The molecule has 0 aliphatic heterocycles. The summed E-state index contributed by atoms with van der Waals surface area (Å²) < 4.78 is 0. The summed E-state index contributed by atoms with van der Waals surface area (Å²) in [6.45, 7) is 2.32. The summed E-state index contributed by atoms with van der Waals surface area (Å²) in [7, 11) is 0. The summed E-state index contributed by atoms with van der Waals surface area (Å²) in [5.74, 6) is -0.969. The van der Waals surface area contributed by atoms with Crippen molar-refractivity contribution in [3.8, 4) is 0 Å². The molecule has 2 aromatic rings. The normalized spacial score (nSPS) is 10.5. The van der Waals surface area contributed by atoms with Gasteiger partial charge in [-0.3, -0.25) is 0 Å². The number of carboxylic acids is 1. The van der Waals surface area contributed by atoms with Crippen LogP contribution in [0.2, 0.25) is 0 Å². The topological polar surface area (TPSA) is 78.4 Å². The fourth-order valence-electron chi connectivity index (χ4n) is 1.98. The van der Waals surface area contributed by atoms with Gasteiger partial charge in [0.05, 0.1) is 5.56 Å². The van der Waals surface area contributed by atoms with Gasteiger partial charge in [0.2, 0.25) is 0 Å². The fraction of sp³-hybridized carbons (Fsp3) is 0.111. The molecule has 2 amide bonds. The molecule has 0 aromatic heterocycles. The summed E-state index contributed by atoms with van der Waals surface area (Å²) in [5, 5.41) is 14.2. The predicted octanol–water partition coefficient (Wildman–Crippen LogP) is 3.16. The summed E-state index contributed by atoms with van der Waals surface area (Å²) in [5.41, 5.74) is 3.22. The van der Waals surface area contributed by atoms with Gasteiger partial charge in [-0.1, -0.05) is 36.4 Å². The number of carboxylic acid groups (broad SMARTS) is 1. The quantitative estimate of drug-likeness (QED) is 0.793. The molecule has 0 aliphatic carbocycles. The molecular weight excluding hydrogens is 292 g/mol. The Morgan fingerprint density at radius 1 is 1.09 bits per heavy atom. The third-order valence-electron chi connectivity index (χ3n) is 3.32. The summed E-state index contributed by atoms with van der Waals surface area (Å²) in [4.78, 5) is 22.4. The standard InChI is InChI=1S/C18H18N2O3/c1-13-4-2-3-5-15(13)10-11-19-18(23)20-12-14-6-8-16(9-7-14)17(21)22/h2-11H,12H2,1H3,(H,21,22)(H2,19,20,23)/b11-10+. The van der Waals surface area contributed by atoms with Crippen LogP contribution >= 0.6 is 0 Å². The van der Waals surface area contributed by atoms with Crippen LogP contribution in [0.3, 0.4) is 0 Å². The van der Waals surface area contributed by atoms with E-state index in [4.69, 9.17) is 5.11 Å². The second-order valence-electron chi connectivity index (χ2n) is 5.02. The minimum atomic E-state index is -0.969. The average Bonchev–Trinajstić information content (AvgIpc) is 2.55. The highest BCUT2D eigenvalue weighted by atomic mass is 16.4. The van der Waals surface area contributed by atoms with Crippen molar-refractivity contribution in [3.05, 3.63) is 77.0 Å². The molecule has 3 N–H and O–H groups in total. The first-order chi connectivity index (χ1) is 11.1. The molecule has 0 radical (unpaired) electrons. The monoisotopic (exact) mass is 310 g/mol. The van der Waals surface area contributed by atoms with Crippen LogP contribution in [0.15, 0.2) is 54.7 Å². The van der Waals surface area contributed by atoms with Gasteiger partial charge >= 0.3 is 12.0 Å². The molecule has 0 bridgehead atoms. The van der Waals surface area contributed by atoms with Crippen LogP contribution in [0.25, 0.3) is 6.08 Å². The smallest absolute Gasteiger partial charge is 0.335 e. The van der Waals surface area contributed by atoms with Crippen molar-refractivity contribution in [1.82, 2.24) is 10.6 Å². The zero-order chi connectivity index (χ0) is 16.7. The summed E-state index contributed by atoms with van der Waals surface area (Å²) in [6.07, 6.45) is 3.42. The number of hydrogen-bond donors (Lipinski definition) is 3. The molecule has 0 aliphatic rings. The Morgan fingerprint density at radius 3 is 2.43 bits per heavy atom. The van der Waals surface area contributed by atoms with Crippen LogP contribution in [0, 0.1) is 6.92 Å². The van der Waals surface area contributed by atoms with E-state index in [2.05, 4.69) is 10.6 Å². The van der Waals surface area contributed by atoms with Gasteiger partial charge in [-0.25, -0.2) is 9.59 Å². The lowest BCUT2D eigenvalue weighted by atomic mass is 10.1. The van der Waals surface area contributed by atoms with Gasteiger partial charge in [0.15, 0.2) is 0 Å². The van der Waals surface area contributed by atoms with E-state index in [0.717, 1.165) is 16.7 Å². The molecule has 5 nitrogen and oxygen atoms in total. The van der Waals surface area contributed by atoms with Crippen molar-refractivity contribution in [2.24, 2.45) is 0 Å². The molecular formula is C18H18N2O3. The van der Waals surface area contributed by atoms with Crippen LogP contribution in [0.4, 0.5) is 4.79 Å². The molecule has 2 rings (SSSR count). The Balaban J connectivity index is 1.81. The first-order valence-corrected chi connectivity index (χ1v) is 7.15. The molecule has 2 aromatic carbocycles. The van der Waals surface area contributed by atoms with E-state index in [1.165, 1.54) is 12.1 Å². The Bertz CT molecular complexity index is 721. The van der Waals surface area contributed by atoms with Crippen LogP contribution in [-0.4, -0.2) is 17.1 Å². The maximum absolute atomic E-state index is 11.7. The molecule has 118 valence electrons. The molecule has 0 heterocycles. The number of carbonyl (C=O) groups is 2. The highest BCUT2D eigenvalue weighted by Crippen LogP contribution is 2.08. The summed E-state index contributed by atoms with van der Waals surface area (Å²) >= 11 is 0. The second kappa shape index (κ2) is 7.79. The number of amides is 2. The van der Waals surface area contributed by atoms with Crippen molar-refractivity contribution in [3.63, 3.8) is 0 Å². The number of nitrogens with one attached hydrogen (secondary N) is 2. The Labute approximate surface area is 134 Å². The summed E-state index contributed by atoms with van der Waals surface area (Å²) in [6, 6.07) is 13.9. The fourth-order valence-corrected chi connectivity index (χ4v) is 1.98. The Kier molecular flexibility index (Phi) is 5.52. The van der Waals surface area contributed by atoms with Crippen molar-refractivity contribution in [2.75, 3.05) is 0 Å². The van der Waals surface area contributed by atoms with Gasteiger partial charge in [0.25, 0.3) is 0 Å². The number of carbonyl (C=O) groups excluding carboxylic acids is 1. The van der Waals surface area contributed by atoms with Gasteiger partial charge in [0, 0.05) is 12.7 Å². The van der Waals surface area contributed by atoms with Crippen LogP contribution < -0.4 is 10.6 Å². The maximum Gasteiger partial charge on any atom is 0.335 e. The van der Waals surface area contributed by atoms with Gasteiger partial charge < -0.3 is 15.7 Å². The number of rotatable bonds is 5. The third kappa shape index (κ3) is 5.00. The van der Waals surface area contributed by atoms with E-state index in [0.29, 0.717) is 6.54 Å². The van der Waals surface area contributed by atoms with Gasteiger partial charge in [-0.05, 0) is 41.8 Å². The van der Waals surface area contributed by atoms with E-state index >= 15 is 0 Å². The first-order valence-electron chi connectivity index (χ1n) is 7.15. The van der Waals surface area contributed by atoms with Gasteiger partial charge in [-0.15, -0.1) is 0 Å². The average molecular weight is 310 g/mol. The predicted molar refractivity (Wildman–Crippen MR) is 89.0 cm³/mol. The number of aryl methyl sites for hydroxylation is 1. The molecule has 0 atom stereocenters. The first kappa shape index (κ1) is 16.3. The highest BCUT2D eigenvalue weighted by molar-refractivity contribution is 5.87. The van der Waals surface area contributed by atoms with Gasteiger partial charge in [0.1, 0.15) is 0 Å². The number of aromatic carboxylic acids is 1. The van der Waals surface area contributed by atoms with E-state index in [1.54, 1.807) is 18.3 Å². The molecule has 0 unspecified atom stereocenters. The lowest BCUT2D eigenvalue weighted by Crippen LogP contribution is -2.31. The second-order valence-corrected chi connectivity index (χ2v) is 5.02. The lowest BCUT2D eigenvalue weighted by Gasteiger charge is -2.05. The van der Waals surface area contributed by atoms with Crippen molar-refractivity contribution in [2.45, 2.75) is 13.5 Å². The third-order valence-corrected chi connectivity index (χ3v) is 3.32. The van der Waals surface area contributed by atoms with Crippen molar-refractivity contribution in [1.29, 1.82) is 0 Å². The molecule has 0 saturated carbocycles. The van der Waals surface area contributed by atoms with Crippen LogP contribution in [-0.2, 0) is 6.54 Å². The van der Waals surface area contributed by atoms with E-state index in [1.807, 2.05) is 37.3 Å². The van der Waals surface area contributed by atoms with Crippen LogP contribution in [0.5, 0.6) is 0 Å². The number of benzene rings is 2. The van der Waals surface area contributed by atoms with E-state index in [9.17, 15) is 9.59 Å². The zero-order valence-electron chi connectivity index (χ0n) is 12.7. The molecule has 5 heteroatoms. The number of urea groups is 1. The SMILES string of the molecule is Cc1ccccc1/C=C/NC(=O)NCc1ccc(C(=O)O)cc1. The van der Waals surface area contributed by atoms with E-state index < -0.39 is 5.97 Å². The minimum Gasteiger partial charge on any atom is -0.478 e. The zero-order valence-corrected chi connectivity index (χ0v) is 12.7. The number of hydrogen-bond acceptors (Lipinski definition) is 2. The van der Waals surface area contributed by atoms with Gasteiger partial charge in [-0.2, -0.15) is 0 Å². The molecule has 23 heavy (non-hydrogen) atoms.